The first kappa shape index (κ1) is 41.4. The molecular formula is C71H47NO2. The number of rotatable bonds is 4. The molecule has 0 amide bonds. The van der Waals surface area contributed by atoms with E-state index in [-0.39, 0.29) is 5.41 Å². The van der Waals surface area contributed by atoms with E-state index in [2.05, 4.69) is 267 Å². The maximum absolute atomic E-state index is 6.76. The molecule has 348 valence electrons. The smallest absolute Gasteiger partial charge is 0.132 e. The van der Waals surface area contributed by atoms with Crippen LogP contribution in [0, 0.1) is 0 Å². The molecule has 11 aromatic carbocycles. The Hall–Kier alpha value is -9.18. The van der Waals surface area contributed by atoms with Crippen molar-refractivity contribution >= 4 is 17.1 Å². The van der Waals surface area contributed by atoms with Crippen LogP contribution in [-0.2, 0) is 16.2 Å². The van der Waals surface area contributed by atoms with E-state index >= 15 is 0 Å². The van der Waals surface area contributed by atoms with E-state index in [0.717, 1.165) is 67.9 Å². The van der Waals surface area contributed by atoms with Crippen LogP contribution in [0.25, 0.3) is 44.5 Å². The lowest BCUT2D eigenvalue weighted by Gasteiger charge is -2.39. The summed E-state index contributed by atoms with van der Waals surface area (Å²) in [6, 6.07) is 91.9. The molecule has 0 bridgehead atoms. The van der Waals surface area contributed by atoms with E-state index in [1.165, 1.54) is 72.3 Å². The fourth-order valence-electron chi connectivity index (χ4n) is 14.2. The molecule has 0 saturated carbocycles. The molecule has 0 unspecified atom stereocenters. The van der Waals surface area contributed by atoms with Gasteiger partial charge in [-0.05, 0) is 139 Å². The maximum atomic E-state index is 6.76. The van der Waals surface area contributed by atoms with Crippen LogP contribution in [0.15, 0.2) is 249 Å². The van der Waals surface area contributed by atoms with Gasteiger partial charge in [-0.1, -0.05) is 202 Å². The molecular weight excluding hydrogens is 899 g/mol. The van der Waals surface area contributed by atoms with Gasteiger partial charge >= 0.3 is 0 Å². The molecule has 11 aromatic rings. The molecule has 5 aliphatic rings. The number of hydrogen-bond acceptors (Lipinski definition) is 3. The molecule has 0 fully saturated rings. The predicted octanol–water partition coefficient (Wildman–Crippen LogP) is 18.1. The van der Waals surface area contributed by atoms with E-state index in [9.17, 15) is 0 Å². The van der Waals surface area contributed by atoms with Crippen molar-refractivity contribution in [3.63, 3.8) is 0 Å². The highest BCUT2D eigenvalue weighted by molar-refractivity contribution is 5.98. The van der Waals surface area contributed by atoms with E-state index in [1.54, 1.807) is 0 Å². The molecule has 3 nitrogen and oxygen atoms in total. The van der Waals surface area contributed by atoms with Crippen LogP contribution in [0.1, 0.15) is 69.5 Å². The minimum atomic E-state index is -0.613. The largest absolute Gasteiger partial charge is 0.457 e. The number of para-hydroxylation sites is 4. The molecule has 0 radical (unpaired) electrons. The van der Waals surface area contributed by atoms with E-state index < -0.39 is 10.8 Å². The van der Waals surface area contributed by atoms with Crippen LogP contribution in [0.3, 0.4) is 0 Å². The Bertz CT molecular complexity index is 4120. The number of anilines is 3. The van der Waals surface area contributed by atoms with Crippen LogP contribution in [0.2, 0.25) is 0 Å². The minimum absolute atomic E-state index is 0.191. The Balaban J connectivity index is 0.937. The van der Waals surface area contributed by atoms with Gasteiger partial charge in [0, 0.05) is 44.7 Å². The Morgan fingerprint density at radius 3 is 1.23 bits per heavy atom. The summed E-state index contributed by atoms with van der Waals surface area (Å²) < 4.78 is 13.5. The van der Waals surface area contributed by atoms with Gasteiger partial charge in [0.2, 0.25) is 0 Å². The van der Waals surface area contributed by atoms with Gasteiger partial charge < -0.3 is 14.4 Å². The first-order valence-corrected chi connectivity index (χ1v) is 25.8. The van der Waals surface area contributed by atoms with Gasteiger partial charge in [0.1, 0.15) is 23.0 Å². The lowest BCUT2D eigenvalue weighted by molar-refractivity contribution is 0.436. The Labute approximate surface area is 431 Å². The highest BCUT2D eigenvalue weighted by Crippen LogP contribution is 2.65. The highest BCUT2D eigenvalue weighted by atomic mass is 16.5. The minimum Gasteiger partial charge on any atom is -0.457 e. The third-order valence-corrected chi connectivity index (χ3v) is 17.2. The number of fused-ring (bicyclic) bond motifs is 21. The van der Waals surface area contributed by atoms with Gasteiger partial charge in [-0.25, -0.2) is 0 Å². The molecule has 0 N–H and O–H groups in total. The highest BCUT2D eigenvalue weighted by Gasteiger charge is 2.53. The molecule has 0 atom stereocenters. The van der Waals surface area contributed by atoms with Gasteiger partial charge in [0.05, 0.1) is 10.8 Å². The summed E-state index contributed by atoms with van der Waals surface area (Å²) in [7, 11) is 0. The third-order valence-electron chi connectivity index (χ3n) is 17.2. The summed E-state index contributed by atoms with van der Waals surface area (Å²) in [6.45, 7) is 4.75. The maximum Gasteiger partial charge on any atom is 0.132 e. The predicted molar refractivity (Wildman–Crippen MR) is 299 cm³/mol. The van der Waals surface area contributed by atoms with Crippen LogP contribution >= 0.6 is 0 Å². The van der Waals surface area contributed by atoms with Gasteiger partial charge in [0.15, 0.2) is 0 Å². The topological polar surface area (TPSA) is 21.7 Å². The normalized spacial score (nSPS) is 15.2. The zero-order chi connectivity index (χ0) is 48.9. The van der Waals surface area contributed by atoms with Crippen molar-refractivity contribution in [3.8, 4) is 67.5 Å². The fourth-order valence-corrected chi connectivity index (χ4v) is 14.2. The van der Waals surface area contributed by atoms with Crippen molar-refractivity contribution in [1.29, 1.82) is 0 Å². The average Bonchev–Trinajstić information content (AvgIpc) is 4.00. The van der Waals surface area contributed by atoms with Crippen LogP contribution in [0.5, 0.6) is 23.0 Å². The standard InChI is InChI=1S/C71H47NO2/c1-69(2)54-25-6-3-21-49(54)51-39-37-46(42-62(51)69)72(47-38-40-52-50-22-4-7-26-55(50)71(63(52)43-47)59-30-11-15-35-66(59)74-67-36-16-12-31-60(67)71)45-20-17-19-44(41-45)48-24-18-32-61-68(48)53-23-5-8-27-56(53)70(61)57-28-9-13-33-64(57)73-65-34-14-10-29-58(65)70/h3-43H,1-2H3. The lowest BCUT2D eigenvalue weighted by Crippen LogP contribution is -2.32. The molecule has 3 heteroatoms. The third kappa shape index (κ3) is 5.25. The van der Waals surface area contributed by atoms with Gasteiger partial charge in [0.25, 0.3) is 0 Å². The summed E-state index contributed by atoms with van der Waals surface area (Å²) in [5.41, 5.74) is 24.2. The number of nitrogens with zero attached hydrogens (tertiary/aromatic N) is 1. The fraction of sp³-hybridized carbons (Fsp3) is 0.0704. The van der Waals surface area contributed by atoms with E-state index in [4.69, 9.17) is 9.47 Å². The van der Waals surface area contributed by atoms with Crippen molar-refractivity contribution in [2.75, 3.05) is 4.90 Å². The zero-order valence-electron chi connectivity index (χ0n) is 40.9. The second kappa shape index (κ2) is 14.9. The Morgan fingerprint density at radius 2 is 0.649 bits per heavy atom. The second-order valence-electron chi connectivity index (χ2n) is 21.0. The van der Waals surface area contributed by atoms with Gasteiger partial charge in [-0.3, -0.25) is 0 Å². The molecule has 0 aromatic heterocycles. The first-order chi connectivity index (χ1) is 36.5. The molecule has 3 aliphatic carbocycles. The molecule has 2 aliphatic heterocycles. The quantitative estimate of drug-likeness (QED) is 0.175. The second-order valence-corrected chi connectivity index (χ2v) is 21.0. The van der Waals surface area contributed by atoms with Gasteiger partial charge in [-0.15, -0.1) is 0 Å². The summed E-state index contributed by atoms with van der Waals surface area (Å²) in [4.78, 5) is 2.50. The number of ether oxygens (including phenoxy) is 2. The van der Waals surface area contributed by atoms with Crippen LogP contribution in [-0.4, -0.2) is 0 Å². The lowest BCUT2D eigenvalue weighted by atomic mass is 9.66. The van der Waals surface area contributed by atoms with Crippen LogP contribution in [0.4, 0.5) is 17.1 Å². The van der Waals surface area contributed by atoms with Gasteiger partial charge in [-0.2, -0.15) is 0 Å². The SMILES string of the molecule is CC1(C)c2ccccc2-c2ccc(N(c3cccc(-c4cccc5c4-c4ccccc4C54c5ccccc5Oc5ccccc54)c3)c3ccc4c(c3)C3(c5ccccc5Oc5ccccc53)c3ccccc3-4)cc21. The molecule has 2 heterocycles. The monoisotopic (exact) mass is 945 g/mol. The zero-order valence-corrected chi connectivity index (χ0v) is 40.9. The summed E-state index contributed by atoms with van der Waals surface area (Å²) in [5, 5.41) is 0. The molecule has 74 heavy (non-hydrogen) atoms. The van der Waals surface area contributed by atoms with Crippen molar-refractivity contribution in [2.45, 2.75) is 30.1 Å². The molecule has 2 spiro atoms. The Kier molecular flexibility index (Phi) is 8.37. The summed E-state index contributed by atoms with van der Waals surface area (Å²) >= 11 is 0. The van der Waals surface area contributed by atoms with Crippen molar-refractivity contribution < 1.29 is 9.47 Å². The number of benzene rings is 11. The molecule has 16 rings (SSSR count). The number of hydrogen-bond donors (Lipinski definition) is 0. The molecule has 0 saturated heterocycles. The van der Waals surface area contributed by atoms with Crippen molar-refractivity contribution in [2.24, 2.45) is 0 Å². The average molecular weight is 946 g/mol. The van der Waals surface area contributed by atoms with Crippen LogP contribution < -0.4 is 14.4 Å². The van der Waals surface area contributed by atoms with E-state index in [1.807, 2.05) is 0 Å². The summed E-state index contributed by atoms with van der Waals surface area (Å²) in [5.74, 6) is 3.56. The van der Waals surface area contributed by atoms with E-state index in [0.29, 0.717) is 0 Å². The first-order valence-electron chi connectivity index (χ1n) is 25.8. The van der Waals surface area contributed by atoms with Crippen molar-refractivity contribution in [3.05, 3.63) is 304 Å². The Morgan fingerprint density at radius 1 is 0.270 bits per heavy atom. The summed E-state index contributed by atoms with van der Waals surface area (Å²) in [6.07, 6.45) is 0. The van der Waals surface area contributed by atoms with Crippen molar-refractivity contribution in [1.82, 2.24) is 0 Å².